The molecule has 0 aliphatic heterocycles. The zero-order valence-corrected chi connectivity index (χ0v) is 53.9. The van der Waals surface area contributed by atoms with Crippen molar-refractivity contribution in [2.45, 2.75) is 92.7 Å². The van der Waals surface area contributed by atoms with E-state index in [1.54, 1.807) is 64.0 Å². The molecule has 0 N–H and O–H groups in total. The van der Waals surface area contributed by atoms with Gasteiger partial charge in [-0.2, -0.15) is 0 Å². The quantitative estimate of drug-likeness (QED) is 0.0602. The summed E-state index contributed by atoms with van der Waals surface area (Å²) in [5.41, 5.74) is 0. The van der Waals surface area contributed by atoms with Crippen LogP contribution < -0.4 is 0 Å². The summed E-state index contributed by atoms with van der Waals surface area (Å²) in [5.74, 6) is -3.70. The summed E-state index contributed by atoms with van der Waals surface area (Å²) in [5, 5.41) is 0. The first-order valence-electron chi connectivity index (χ1n) is 25.6. The van der Waals surface area contributed by atoms with Crippen LogP contribution in [0, 0.1) is 0 Å². The first-order chi connectivity index (χ1) is 37.0. The normalized spacial score (nSPS) is 14.9. The Morgan fingerprint density at radius 2 is 0.506 bits per heavy atom. The lowest BCUT2D eigenvalue weighted by Crippen LogP contribution is -2.43. The Labute approximate surface area is 463 Å². The van der Waals surface area contributed by atoms with Crippen LogP contribution in [0.15, 0.2) is 0 Å². The zero-order valence-electron chi connectivity index (χ0n) is 48.9. The third-order valence-corrected chi connectivity index (χ3v) is 26.5. The molecular formula is C45H99F3O24Si5. The highest BCUT2D eigenvalue weighted by molar-refractivity contribution is 6.62. The van der Waals surface area contributed by atoms with E-state index < -0.39 is 87.6 Å². The SMILES string of the molecule is CO[Si](CCCOCC(COCC(COCC(F)(F)CF)OCC(COCC(COCCC[Si](OC)(OC)OC)OCCC[Si](OC)(OC)OC)OCCC[Si](OC)(OC)OC)OCCC[Si](OC)(OC)OC)(OC)OC. The first-order valence-corrected chi connectivity index (χ1v) is 35.2. The summed E-state index contributed by atoms with van der Waals surface area (Å²) in [4.78, 5) is 0. The lowest BCUT2D eigenvalue weighted by atomic mass is 10.3. The van der Waals surface area contributed by atoms with Gasteiger partial charge < -0.3 is 109 Å². The lowest BCUT2D eigenvalue weighted by molar-refractivity contribution is -0.143. The van der Waals surface area contributed by atoms with E-state index in [9.17, 15) is 13.2 Å². The molecule has 464 valence electrons. The van der Waals surface area contributed by atoms with Crippen LogP contribution >= 0.6 is 0 Å². The first kappa shape index (κ1) is 76.9. The third kappa shape index (κ3) is 32.0. The number of rotatable bonds is 58. The van der Waals surface area contributed by atoms with Crippen molar-refractivity contribution in [2.75, 3.05) is 206 Å². The average molecular weight is 1220 g/mol. The predicted molar refractivity (Wildman–Crippen MR) is 285 cm³/mol. The Kier molecular flexibility index (Phi) is 45.3. The van der Waals surface area contributed by atoms with Gasteiger partial charge in [-0.05, 0) is 32.1 Å². The number of hydrogen-bond donors (Lipinski definition) is 0. The van der Waals surface area contributed by atoms with E-state index >= 15 is 0 Å². The lowest BCUT2D eigenvalue weighted by Gasteiger charge is -2.27. The minimum Gasteiger partial charge on any atom is -0.379 e. The summed E-state index contributed by atoms with van der Waals surface area (Å²) in [7, 11) is 8.90. The van der Waals surface area contributed by atoms with Crippen molar-refractivity contribution in [2.24, 2.45) is 0 Å². The van der Waals surface area contributed by atoms with Gasteiger partial charge in [0.25, 0.3) is 5.92 Å². The maximum atomic E-state index is 14.1. The molecule has 0 spiro atoms. The van der Waals surface area contributed by atoms with E-state index in [0.29, 0.717) is 82.1 Å². The van der Waals surface area contributed by atoms with Gasteiger partial charge >= 0.3 is 44.0 Å². The molecule has 0 aromatic heterocycles. The van der Waals surface area contributed by atoms with E-state index in [4.69, 9.17) is 109 Å². The average Bonchev–Trinajstić information content (AvgIpc) is 3.46. The molecule has 32 heteroatoms. The predicted octanol–water partition coefficient (Wildman–Crippen LogP) is 4.56. The van der Waals surface area contributed by atoms with Crippen LogP contribution in [0.3, 0.4) is 0 Å². The van der Waals surface area contributed by atoms with Gasteiger partial charge in [0.1, 0.15) is 31.0 Å². The smallest absolute Gasteiger partial charge is 0.379 e. The minimum atomic E-state index is -3.70. The third-order valence-electron chi connectivity index (χ3n) is 12.3. The van der Waals surface area contributed by atoms with Crippen LogP contribution in [0.5, 0.6) is 0 Å². The van der Waals surface area contributed by atoms with Gasteiger partial charge in [0.15, 0.2) is 6.67 Å². The highest BCUT2D eigenvalue weighted by Gasteiger charge is 2.41. The second-order valence-corrected chi connectivity index (χ2v) is 32.6. The Balaban J connectivity index is 6.36. The Bertz CT molecular complexity index is 1310. The molecule has 0 aromatic rings. The summed E-state index contributed by atoms with van der Waals surface area (Å²) >= 11 is 0. The van der Waals surface area contributed by atoms with E-state index in [-0.39, 0.29) is 66.1 Å². The van der Waals surface area contributed by atoms with Gasteiger partial charge in [-0.15, -0.1) is 0 Å². The molecule has 0 saturated carbocycles. The van der Waals surface area contributed by atoms with Crippen LogP contribution in [-0.2, 0) is 109 Å². The molecule has 0 amide bonds. The van der Waals surface area contributed by atoms with Crippen molar-refractivity contribution in [1.29, 1.82) is 0 Å². The van der Waals surface area contributed by atoms with Crippen LogP contribution in [0.25, 0.3) is 0 Å². The zero-order chi connectivity index (χ0) is 58.0. The molecule has 0 aromatic carbocycles. The van der Waals surface area contributed by atoms with Crippen molar-refractivity contribution < 1.29 is 122 Å². The molecule has 24 nitrogen and oxygen atoms in total. The maximum absolute atomic E-state index is 14.1. The van der Waals surface area contributed by atoms with Crippen LogP contribution in [-0.4, -0.2) is 280 Å². The Morgan fingerprint density at radius 3 is 0.766 bits per heavy atom. The van der Waals surface area contributed by atoms with Crippen molar-refractivity contribution in [3.63, 3.8) is 0 Å². The molecule has 0 bridgehead atoms. The maximum Gasteiger partial charge on any atom is 0.500 e. The molecule has 4 unspecified atom stereocenters. The Morgan fingerprint density at radius 1 is 0.286 bits per heavy atom. The van der Waals surface area contributed by atoms with E-state index in [0.717, 1.165) is 0 Å². The van der Waals surface area contributed by atoms with Gasteiger partial charge in [0.05, 0.1) is 52.9 Å². The van der Waals surface area contributed by atoms with Gasteiger partial charge in [0, 0.05) is 170 Å². The van der Waals surface area contributed by atoms with Gasteiger partial charge in [-0.3, -0.25) is 0 Å². The summed E-state index contributed by atoms with van der Waals surface area (Å²) in [6, 6.07) is 2.52. The number of alkyl halides is 3. The van der Waals surface area contributed by atoms with Crippen LogP contribution in [0.4, 0.5) is 13.2 Å². The Hall–Kier alpha value is -0.0856. The number of hydrogen-bond acceptors (Lipinski definition) is 24. The molecule has 0 fully saturated rings. The summed E-state index contributed by atoms with van der Waals surface area (Å²) in [6.07, 6.45) is 0.0688. The van der Waals surface area contributed by atoms with Crippen LogP contribution in [0.2, 0.25) is 30.2 Å². The second-order valence-electron chi connectivity index (χ2n) is 17.2. The molecule has 0 aliphatic carbocycles. The van der Waals surface area contributed by atoms with E-state index in [2.05, 4.69) is 0 Å². The minimum absolute atomic E-state index is 0.0155. The summed E-state index contributed by atoms with van der Waals surface area (Å²) in [6.45, 7) is -1.66. The van der Waals surface area contributed by atoms with Crippen molar-refractivity contribution in [1.82, 2.24) is 0 Å². The molecule has 0 radical (unpaired) electrons. The molecule has 77 heavy (non-hydrogen) atoms. The van der Waals surface area contributed by atoms with Gasteiger partial charge in [0.2, 0.25) is 0 Å². The standard InChI is InChI=1S/C45H99F3O24Si5/c1-49-73(50-2,51-3)26-16-21-64-31-41(69-23-18-28-75(55-7,56-8)57-9)33-66-35-43(37-68-40-45(47,48)39-46)72-38-44(71-25-20-30-77(61-13,62-14)63-15)36-67-34-42(70-24-19-29-76(58-10,59-11)60-12)32-65-22-17-27-74(52-4,53-5)54-6/h41-44H,16-40H2,1-15H3. The van der Waals surface area contributed by atoms with Crippen molar-refractivity contribution in [3.05, 3.63) is 0 Å². The fourth-order valence-corrected chi connectivity index (χ4v) is 15.9. The second kappa shape index (κ2) is 45.4. The fraction of sp³-hybridized carbons (Fsp3) is 1.00. The van der Waals surface area contributed by atoms with Gasteiger partial charge in [-0.1, -0.05) is 0 Å². The molecule has 0 aliphatic rings. The van der Waals surface area contributed by atoms with E-state index in [1.165, 1.54) is 42.7 Å². The van der Waals surface area contributed by atoms with Gasteiger partial charge in [-0.25, -0.2) is 13.2 Å². The molecule has 4 atom stereocenters. The topological polar surface area (TPSA) is 222 Å². The van der Waals surface area contributed by atoms with E-state index in [1.807, 2.05) is 0 Å². The molecule has 0 saturated heterocycles. The van der Waals surface area contributed by atoms with Crippen molar-refractivity contribution >= 4 is 44.0 Å². The monoisotopic (exact) mass is 1220 g/mol. The number of ether oxygens (including phenoxy) is 9. The highest BCUT2D eigenvalue weighted by Crippen LogP contribution is 2.21. The summed E-state index contributed by atoms with van der Waals surface area (Å²) < 4.78 is 179. The molecule has 0 heterocycles. The van der Waals surface area contributed by atoms with Crippen LogP contribution in [0.1, 0.15) is 32.1 Å². The van der Waals surface area contributed by atoms with Crippen molar-refractivity contribution in [3.8, 4) is 0 Å². The number of halogens is 3. The largest absolute Gasteiger partial charge is 0.500 e. The highest BCUT2D eigenvalue weighted by atomic mass is 28.4. The fourth-order valence-electron chi connectivity index (χ4n) is 7.47. The molecule has 0 rings (SSSR count). The molecular weight excluding hydrogens is 1120 g/mol.